The lowest BCUT2D eigenvalue weighted by atomic mass is 10.1. The van der Waals surface area contributed by atoms with Crippen molar-refractivity contribution >= 4 is 11.6 Å². The molecule has 0 aliphatic heterocycles. The van der Waals surface area contributed by atoms with Crippen molar-refractivity contribution in [3.63, 3.8) is 0 Å². The van der Waals surface area contributed by atoms with Crippen molar-refractivity contribution in [2.24, 2.45) is 5.92 Å². The van der Waals surface area contributed by atoms with E-state index in [1.54, 1.807) is 30.3 Å². The summed E-state index contributed by atoms with van der Waals surface area (Å²) in [5.41, 5.74) is 2.01. The number of hydrogen-bond donors (Lipinski definition) is 2. The summed E-state index contributed by atoms with van der Waals surface area (Å²) in [4.78, 5) is 12.6. The number of ether oxygens (including phenoxy) is 1. The van der Waals surface area contributed by atoms with Crippen LogP contribution in [0.4, 0.5) is 5.69 Å². The van der Waals surface area contributed by atoms with Crippen molar-refractivity contribution in [1.29, 1.82) is 0 Å². The lowest BCUT2D eigenvalue weighted by Gasteiger charge is -2.10. The van der Waals surface area contributed by atoms with Crippen LogP contribution in [-0.2, 0) is 6.61 Å². The number of benzene rings is 2. The highest BCUT2D eigenvalue weighted by Crippen LogP contribution is 2.25. The molecule has 0 spiro atoms. The molecule has 3 aromatic rings. The molecule has 0 aliphatic rings. The van der Waals surface area contributed by atoms with Gasteiger partial charge in [0.25, 0.3) is 5.91 Å². The van der Waals surface area contributed by atoms with E-state index in [-0.39, 0.29) is 12.5 Å². The Morgan fingerprint density at radius 1 is 1.11 bits per heavy atom. The van der Waals surface area contributed by atoms with Crippen LogP contribution in [0.2, 0.25) is 0 Å². The standard InChI is InChI=1S/C22H23NO4/c1-15(2)14-26-19-8-4-6-17(12-19)22(25)23-18-7-3-5-16(11-18)21-10-9-20(13-24)27-21/h3-12,15,24H,13-14H2,1-2H3,(H,23,25). The maximum atomic E-state index is 12.6. The van der Waals surface area contributed by atoms with Crippen molar-refractivity contribution in [3.8, 4) is 17.1 Å². The van der Waals surface area contributed by atoms with Gasteiger partial charge in [-0.3, -0.25) is 4.79 Å². The highest BCUT2D eigenvalue weighted by atomic mass is 16.5. The summed E-state index contributed by atoms with van der Waals surface area (Å²) in [6, 6.07) is 18.0. The summed E-state index contributed by atoms with van der Waals surface area (Å²) in [5, 5.41) is 12.0. The van der Waals surface area contributed by atoms with E-state index < -0.39 is 0 Å². The number of aliphatic hydroxyl groups excluding tert-OH is 1. The van der Waals surface area contributed by atoms with Gasteiger partial charge >= 0.3 is 0 Å². The number of hydrogen-bond acceptors (Lipinski definition) is 4. The monoisotopic (exact) mass is 365 g/mol. The highest BCUT2D eigenvalue weighted by Gasteiger charge is 2.10. The predicted octanol–water partition coefficient (Wildman–Crippen LogP) is 4.73. The maximum absolute atomic E-state index is 12.6. The van der Waals surface area contributed by atoms with Gasteiger partial charge < -0.3 is 19.6 Å². The van der Waals surface area contributed by atoms with E-state index in [2.05, 4.69) is 19.2 Å². The smallest absolute Gasteiger partial charge is 0.255 e. The van der Waals surface area contributed by atoms with Crippen LogP contribution < -0.4 is 10.1 Å². The van der Waals surface area contributed by atoms with Crippen LogP contribution in [0, 0.1) is 5.92 Å². The van der Waals surface area contributed by atoms with Crippen LogP contribution in [0.1, 0.15) is 30.0 Å². The fraction of sp³-hybridized carbons (Fsp3) is 0.227. The Labute approximate surface area is 158 Å². The van der Waals surface area contributed by atoms with Crippen molar-refractivity contribution in [2.75, 3.05) is 11.9 Å². The summed E-state index contributed by atoms with van der Waals surface area (Å²) in [6.07, 6.45) is 0. The summed E-state index contributed by atoms with van der Waals surface area (Å²) in [7, 11) is 0. The molecule has 0 saturated heterocycles. The second kappa shape index (κ2) is 8.56. The SMILES string of the molecule is CC(C)COc1cccc(C(=O)Nc2cccc(-c3ccc(CO)o3)c2)c1. The van der Waals surface area contributed by atoms with Crippen LogP contribution >= 0.6 is 0 Å². The van der Waals surface area contributed by atoms with Crippen LogP contribution in [0.3, 0.4) is 0 Å². The largest absolute Gasteiger partial charge is 0.493 e. The molecule has 27 heavy (non-hydrogen) atoms. The third-order valence-corrected chi connectivity index (χ3v) is 3.90. The third-order valence-electron chi connectivity index (χ3n) is 3.90. The molecule has 1 heterocycles. The van der Waals surface area contributed by atoms with E-state index in [1.165, 1.54) is 0 Å². The number of carbonyl (C=O) groups excluding carboxylic acids is 1. The normalized spacial score (nSPS) is 10.8. The van der Waals surface area contributed by atoms with E-state index >= 15 is 0 Å². The van der Waals surface area contributed by atoms with Gasteiger partial charge in [-0.25, -0.2) is 0 Å². The summed E-state index contributed by atoms with van der Waals surface area (Å²) < 4.78 is 11.2. The van der Waals surface area contributed by atoms with Crippen molar-refractivity contribution in [1.82, 2.24) is 0 Å². The lowest BCUT2D eigenvalue weighted by Crippen LogP contribution is -2.12. The molecule has 3 rings (SSSR count). The summed E-state index contributed by atoms with van der Waals surface area (Å²) >= 11 is 0. The molecule has 0 aliphatic carbocycles. The minimum atomic E-state index is -0.211. The maximum Gasteiger partial charge on any atom is 0.255 e. The number of rotatable bonds is 7. The van der Waals surface area contributed by atoms with Crippen LogP contribution in [0.15, 0.2) is 65.1 Å². The zero-order valence-corrected chi connectivity index (χ0v) is 15.4. The molecular weight excluding hydrogens is 342 g/mol. The van der Waals surface area contributed by atoms with Gasteiger partial charge in [-0.15, -0.1) is 0 Å². The average molecular weight is 365 g/mol. The van der Waals surface area contributed by atoms with Crippen molar-refractivity contribution in [2.45, 2.75) is 20.5 Å². The van der Waals surface area contributed by atoms with Gasteiger partial charge in [0, 0.05) is 16.8 Å². The first-order valence-corrected chi connectivity index (χ1v) is 8.89. The van der Waals surface area contributed by atoms with Gasteiger partial charge in [-0.05, 0) is 48.4 Å². The second-order valence-electron chi connectivity index (χ2n) is 6.69. The molecule has 140 valence electrons. The number of furan rings is 1. The number of aliphatic hydroxyl groups is 1. The first kappa shape index (κ1) is 18.7. The molecular formula is C22H23NO4. The number of amides is 1. The molecule has 0 fully saturated rings. The molecule has 2 aromatic carbocycles. The number of carbonyl (C=O) groups is 1. The van der Waals surface area contributed by atoms with Crippen LogP contribution in [0.25, 0.3) is 11.3 Å². The Balaban J connectivity index is 1.72. The average Bonchev–Trinajstić information content (AvgIpc) is 3.16. The zero-order valence-electron chi connectivity index (χ0n) is 15.4. The quantitative estimate of drug-likeness (QED) is 0.635. The predicted molar refractivity (Wildman–Crippen MR) is 105 cm³/mol. The molecule has 1 amide bonds. The third kappa shape index (κ3) is 4.99. The Hall–Kier alpha value is -3.05. The zero-order chi connectivity index (χ0) is 19.2. The van der Waals surface area contributed by atoms with Gasteiger partial charge in [0.15, 0.2) is 0 Å². The van der Waals surface area contributed by atoms with Gasteiger partial charge in [-0.2, -0.15) is 0 Å². The van der Waals surface area contributed by atoms with Gasteiger partial charge in [0.05, 0.1) is 6.61 Å². The summed E-state index contributed by atoms with van der Waals surface area (Å²) in [5.74, 6) is 2.02. The molecule has 5 heteroatoms. The fourth-order valence-corrected chi connectivity index (χ4v) is 2.56. The van der Waals surface area contributed by atoms with Crippen molar-refractivity contribution < 1.29 is 19.1 Å². The van der Waals surface area contributed by atoms with E-state index in [0.29, 0.717) is 41.0 Å². The minimum absolute atomic E-state index is 0.147. The molecule has 5 nitrogen and oxygen atoms in total. The van der Waals surface area contributed by atoms with E-state index in [4.69, 9.17) is 14.3 Å². The first-order chi connectivity index (χ1) is 13.0. The summed E-state index contributed by atoms with van der Waals surface area (Å²) in [6.45, 7) is 4.61. The minimum Gasteiger partial charge on any atom is -0.493 e. The Bertz CT molecular complexity index is 914. The Morgan fingerprint density at radius 3 is 2.67 bits per heavy atom. The molecule has 0 radical (unpaired) electrons. The van der Waals surface area contributed by atoms with Gasteiger partial charge in [0.1, 0.15) is 23.9 Å². The molecule has 0 atom stereocenters. The van der Waals surface area contributed by atoms with Crippen LogP contribution in [-0.4, -0.2) is 17.6 Å². The van der Waals surface area contributed by atoms with E-state index in [0.717, 1.165) is 5.56 Å². The first-order valence-electron chi connectivity index (χ1n) is 8.89. The molecule has 0 unspecified atom stereocenters. The second-order valence-corrected chi connectivity index (χ2v) is 6.69. The topological polar surface area (TPSA) is 71.7 Å². The fourth-order valence-electron chi connectivity index (χ4n) is 2.56. The number of nitrogens with one attached hydrogen (secondary N) is 1. The van der Waals surface area contributed by atoms with Crippen LogP contribution in [0.5, 0.6) is 5.75 Å². The Morgan fingerprint density at radius 2 is 1.93 bits per heavy atom. The number of anilines is 1. The molecule has 2 N–H and O–H groups in total. The van der Waals surface area contributed by atoms with Gasteiger partial charge in [-0.1, -0.05) is 32.0 Å². The van der Waals surface area contributed by atoms with E-state index in [1.807, 2.05) is 30.3 Å². The molecule has 0 saturated carbocycles. The lowest BCUT2D eigenvalue weighted by molar-refractivity contribution is 0.102. The van der Waals surface area contributed by atoms with Crippen molar-refractivity contribution in [3.05, 3.63) is 72.0 Å². The molecule has 0 bridgehead atoms. The van der Waals surface area contributed by atoms with E-state index in [9.17, 15) is 4.79 Å². The Kier molecular flexibility index (Phi) is 5.94. The highest BCUT2D eigenvalue weighted by molar-refractivity contribution is 6.04. The van der Waals surface area contributed by atoms with Gasteiger partial charge in [0.2, 0.25) is 0 Å². The molecule has 1 aromatic heterocycles.